The van der Waals surface area contributed by atoms with Gasteiger partial charge in [0.2, 0.25) is 0 Å². The summed E-state index contributed by atoms with van der Waals surface area (Å²) in [5, 5.41) is 5.65. The summed E-state index contributed by atoms with van der Waals surface area (Å²) in [5.41, 5.74) is 7.09. The van der Waals surface area contributed by atoms with Crippen LogP contribution < -0.4 is 16.4 Å². The van der Waals surface area contributed by atoms with Gasteiger partial charge in [0.15, 0.2) is 0 Å². The Balaban J connectivity index is 2.06. The highest BCUT2D eigenvalue weighted by Gasteiger charge is 2.26. The highest BCUT2D eigenvalue weighted by Crippen LogP contribution is 2.22. The number of benzene rings is 2. The van der Waals surface area contributed by atoms with Crippen molar-refractivity contribution in [3.8, 4) is 0 Å². The van der Waals surface area contributed by atoms with Crippen LogP contribution in [0.3, 0.4) is 0 Å². The Morgan fingerprint density at radius 1 is 0.963 bits per heavy atom. The minimum atomic E-state index is -0.648. The molecule has 0 aromatic heterocycles. The predicted molar refractivity (Wildman–Crippen MR) is 108 cm³/mol. The molecule has 0 radical (unpaired) electrons. The van der Waals surface area contributed by atoms with E-state index in [9.17, 15) is 9.59 Å². The van der Waals surface area contributed by atoms with Gasteiger partial charge in [-0.2, -0.15) is 0 Å². The Kier molecular flexibility index (Phi) is 5.78. The van der Waals surface area contributed by atoms with E-state index in [1.807, 2.05) is 46.8 Å². The number of hydrogen-bond donors (Lipinski definition) is 3. The monoisotopic (exact) mass is 369 g/mol. The molecular weight excluding hydrogens is 342 g/mol. The van der Waals surface area contributed by atoms with Gasteiger partial charge in [-0.15, -0.1) is 0 Å². The van der Waals surface area contributed by atoms with Crippen molar-refractivity contribution in [2.24, 2.45) is 0 Å². The molecule has 2 rings (SSSR count). The SMILES string of the molecule is CC(C)(C)OC(=O)NC(C)(C)c1ccc(C(=O)Nc2cccc(N)c2)cc1. The van der Waals surface area contributed by atoms with Gasteiger partial charge in [-0.1, -0.05) is 18.2 Å². The molecule has 27 heavy (non-hydrogen) atoms. The van der Waals surface area contributed by atoms with Crippen LogP contribution in [0.2, 0.25) is 0 Å². The molecule has 144 valence electrons. The van der Waals surface area contributed by atoms with Crippen LogP contribution in [0.15, 0.2) is 48.5 Å². The molecule has 0 atom stereocenters. The van der Waals surface area contributed by atoms with E-state index in [-0.39, 0.29) is 5.91 Å². The number of hydrogen-bond acceptors (Lipinski definition) is 4. The maximum absolute atomic E-state index is 12.4. The van der Waals surface area contributed by atoms with Crippen molar-refractivity contribution in [2.75, 3.05) is 11.1 Å². The van der Waals surface area contributed by atoms with Crippen LogP contribution in [0.5, 0.6) is 0 Å². The quantitative estimate of drug-likeness (QED) is 0.701. The van der Waals surface area contributed by atoms with Crippen molar-refractivity contribution >= 4 is 23.4 Å². The lowest BCUT2D eigenvalue weighted by atomic mass is 9.93. The van der Waals surface area contributed by atoms with E-state index < -0.39 is 17.2 Å². The molecule has 2 aromatic carbocycles. The third kappa shape index (κ3) is 6.02. The van der Waals surface area contributed by atoms with Crippen molar-refractivity contribution in [1.82, 2.24) is 5.32 Å². The number of carbonyl (C=O) groups excluding carboxylic acids is 2. The van der Waals surface area contributed by atoms with Crippen molar-refractivity contribution < 1.29 is 14.3 Å². The van der Waals surface area contributed by atoms with Crippen molar-refractivity contribution in [1.29, 1.82) is 0 Å². The highest BCUT2D eigenvalue weighted by molar-refractivity contribution is 6.04. The Morgan fingerprint density at radius 3 is 2.15 bits per heavy atom. The Labute approximate surface area is 160 Å². The summed E-state index contributed by atoms with van der Waals surface area (Å²) in [6.07, 6.45) is -0.490. The molecule has 0 heterocycles. The summed E-state index contributed by atoms with van der Waals surface area (Å²) in [6, 6.07) is 14.1. The summed E-state index contributed by atoms with van der Waals surface area (Å²) < 4.78 is 5.31. The Bertz CT molecular complexity index is 821. The predicted octanol–water partition coefficient (Wildman–Crippen LogP) is 4.28. The van der Waals surface area contributed by atoms with Crippen LogP contribution >= 0.6 is 0 Å². The molecule has 2 amide bonds. The van der Waals surface area contributed by atoms with E-state index in [0.29, 0.717) is 16.9 Å². The molecular formula is C21H27N3O3. The number of ether oxygens (including phenoxy) is 1. The maximum atomic E-state index is 12.4. The van der Waals surface area contributed by atoms with Gasteiger partial charge in [0.25, 0.3) is 5.91 Å². The van der Waals surface area contributed by atoms with E-state index in [0.717, 1.165) is 5.56 Å². The van der Waals surface area contributed by atoms with E-state index in [2.05, 4.69) is 10.6 Å². The van der Waals surface area contributed by atoms with Crippen LogP contribution in [0.1, 0.15) is 50.5 Å². The van der Waals surface area contributed by atoms with Crippen LogP contribution in [-0.4, -0.2) is 17.6 Å². The average Bonchev–Trinajstić information content (AvgIpc) is 2.52. The Morgan fingerprint density at radius 2 is 1.59 bits per heavy atom. The van der Waals surface area contributed by atoms with E-state index in [4.69, 9.17) is 10.5 Å². The lowest BCUT2D eigenvalue weighted by Crippen LogP contribution is -2.43. The molecule has 0 aliphatic carbocycles. The summed E-state index contributed by atoms with van der Waals surface area (Å²) in [4.78, 5) is 24.4. The minimum absolute atomic E-state index is 0.231. The first kappa shape index (κ1) is 20.3. The fourth-order valence-corrected chi connectivity index (χ4v) is 2.49. The van der Waals surface area contributed by atoms with Crippen molar-refractivity contribution in [3.63, 3.8) is 0 Å². The zero-order valence-corrected chi connectivity index (χ0v) is 16.4. The summed E-state index contributed by atoms with van der Waals surface area (Å²) >= 11 is 0. The number of amides is 2. The van der Waals surface area contributed by atoms with Crippen LogP contribution in [0.25, 0.3) is 0 Å². The molecule has 4 N–H and O–H groups in total. The smallest absolute Gasteiger partial charge is 0.408 e. The fraction of sp³-hybridized carbons (Fsp3) is 0.333. The standard InChI is InChI=1S/C21H27N3O3/c1-20(2,3)27-19(26)24-21(4,5)15-11-9-14(10-12-15)18(25)23-17-8-6-7-16(22)13-17/h6-13H,22H2,1-5H3,(H,23,25)(H,24,26). The lowest BCUT2D eigenvalue weighted by molar-refractivity contribution is 0.0470. The second-order valence-corrected chi connectivity index (χ2v) is 7.91. The molecule has 0 bridgehead atoms. The number of nitrogens with two attached hydrogens (primary N) is 1. The average molecular weight is 369 g/mol. The second-order valence-electron chi connectivity index (χ2n) is 7.91. The summed E-state index contributed by atoms with van der Waals surface area (Å²) in [6.45, 7) is 9.19. The molecule has 6 heteroatoms. The van der Waals surface area contributed by atoms with Crippen molar-refractivity contribution in [2.45, 2.75) is 45.8 Å². The summed E-state index contributed by atoms with van der Waals surface area (Å²) in [7, 11) is 0. The third-order valence-electron chi connectivity index (χ3n) is 3.83. The first-order chi connectivity index (χ1) is 12.5. The molecule has 0 aliphatic heterocycles. The minimum Gasteiger partial charge on any atom is -0.444 e. The zero-order chi connectivity index (χ0) is 20.2. The number of alkyl carbamates (subject to hydrolysis) is 1. The second kappa shape index (κ2) is 7.70. The topological polar surface area (TPSA) is 93.4 Å². The molecule has 0 spiro atoms. The molecule has 6 nitrogen and oxygen atoms in total. The summed E-state index contributed by atoms with van der Waals surface area (Å²) in [5.74, 6) is -0.231. The molecule has 0 unspecified atom stereocenters. The molecule has 0 saturated heterocycles. The number of anilines is 2. The van der Waals surface area contributed by atoms with Gasteiger partial charge in [0.1, 0.15) is 5.60 Å². The van der Waals surface area contributed by atoms with Crippen LogP contribution in [0, 0.1) is 0 Å². The number of nitrogen functional groups attached to an aromatic ring is 1. The normalized spacial score (nSPS) is 11.6. The van der Waals surface area contributed by atoms with Gasteiger partial charge in [0, 0.05) is 16.9 Å². The number of nitrogens with one attached hydrogen (secondary N) is 2. The largest absolute Gasteiger partial charge is 0.444 e. The van der Waals surface area contributed by atoms with Gasteiger partial charge in [-0.05, 0) is 70.5 Å². The van der Waals surface area contributed by atoms with E-state index in [1.54, 1.807) is 36.4 Å². The van der Waals surface area contributed by atoms with Gasteiger partial charge in [-0.25, -0.2) is 4.79 Å². The van der Waals surface area contributed by atoms with Gasteiger partial charge >= 0.3 is 6.09 Å². The van der Waals surface area contributed by atoms with Crippen molar-refractivity contribution in [3.05, 3.63) is 59.7 Å². The van der Waals surface area contributed by atoms with Gasteiger partial charge in [-0.3, -0.25) is 4.79 Å². The van der Waals surface area contributed by atoms with E-state index in [1.165, 1.54) is 0 Å². The fourth-order valence-electron chi connectivity index (χ4n) is 2.49. The van der Waals surface area contributed by atoms with Gasteiger partial charge in [0.05, 0.1) is 5.54 Å². The Hall–Kier alpha value is -3.02. The molecule has 0 fully saturated rings. The lowest BCUT2D eigenvalue weighted by Gasteiger charge is -2.29. The number of carbonyl (C=O) groups is 2. The number of rotatable bonds is 4. The first-order valence-electron chi connectivity index (χ1n) is 8.75. The maximum Gasteiger partial charge on any atom is 0.408 e. The van der Waals surface area contributed by atoms with Crippen LogP contribution in [0.4, 0.5) is 16.2 Å². The van der Waals surface area contributed by atoms with Gasteiger partial charge < -0.3 is 21.1 Å². The third-order valence-corrected chi connectivity index (χ3v) is 3.83. The molecule has 0 aliphatic rings. The van der Waals surface area contributed by atoms with E-state index >= 15 is 0 Å². The molecule has 0 saturated carbocycles. The first-order valence-corrected chi connectivity index (χ1v) is 8.75. The van der Waals surface area contributed by atoms with Crippen LogP contribution in [-0.2, 0) is 10.3 Å². The zero-order valence-electron chi connectivity index (χ0n) is 16.4. The highest BCUT2D eigenvalue weighted by atomic mass is 16.6. The molecule has 2 aromatic rings.